The van der Waals surface area contributed by atoms with E-state index in [4.69, 9.17) is 9.84 Å². The number of carbonyl (C=O) groups excluding carboxylic acids is 1. The molecule has 44 heavy (non-hydrogen) atoms. The van der Waals surface area contributed by atoms with Gasteiger partial charge in [-0.25, -0.2) is 0 Å². The second-order valence-electron chi connectivity index (χ2n) is 13.5. The number of hydrogen-bond acceptors (Lipinski definition) is 3. The number of allylic oxidation sites excluding steroid dienone is 2. The summed E-state index contributed by atoms with van der Waals surface area (Å²) in [6.45, 7) is 4.54. The summed E-state index contributed by atoms with van der Waals surface area (Å²) in [7, 11) is 0. The topological polar surface area (TPSA) is 63.6 Å². The van der Waals surface area contributed by atoms with Gasteiger partial charge < -0.3 is 9.84 Å². The van der Waals surface area contributed by atoms with Crippen LogP contribution in [0.2, 0.25) is 0 Å². The summed E-state index contributed by atoms with van der Waals surface area (Å²) in [5.41, 5.74) is 0. The molecule has 0 aromatic rings. The Hall–Kier alpha value is -1.32. The van der Waals surface area contributed by atoms with Crippen LogP contribution in [0.4, 0.5) is 0 Å². The number of aliphatic carboxylic acids is 1. The molecule has 4 nitrogen and oxygen atoms in total. The first-order valence-corrected chi connectivity index (χ1v) is 19.7. The molecule has 0 spiro atoms. The summed E-state index contributed by atoms with van der Waals surface area (Å²) in [5.74, 6) is -0.649. The summed E-state index contributed by atoms with van der Waals surface area (Å²) < 4.78 is 6.04. The van der Waals surface area contributed by atoms with Gasteiger partial charge in [-0.05, 0) is 64.2 Å². The van der Waals surface area contributed by atoms with E-state index in [2.05, 4.69) is 26.0 Å². The Kier molecular flexibility index (Phi) is 35.1. The van der Waals surface area contributed by atoms with Gasteiger partial charge in [-0.1, -0.05) is 161 Å². The van der Waals surface area contributed by atoms with Gasteiger partial charge in [0.1, 0.15) is 6.10 Å². The Balaban J connectivity index is 4.06. The van der Waals surface area contributed by atoms with Crippen LogP contribution in [0.5, 0.6) is 0 Å². The maximum atomic E-state index is 12.7. The Morgan fingerprint density at radius 2 is 0.818 bits per heavy atom. The van der Waals surface area contributed by atoms with E-state index in [1.165, 1.54) is 148 Å². The molecule has 260 valence electrons. The Morgan fingerprint density at radius 3 is 1.25 bits per heavy atom. The van der Waals surface area contributed by atoms with Gasteiger partial charge in [0.05, 0.1) is 0 Å². The minimum atomic E-state index is -0.676. The molecule has 4 heteroatoms. The summed E-state index contributed by atoms with van der Waals surface area (Å²) in [6.07, 6.45) is 43.7. The minimum absolute atomic E-state index is 0.0276. The smallest absolute Gasteiger partial charge is 0.306 e. The molecule has 0 aromatic carbocycles. The highest BCUT2D eigenvalue weighted by atomic mass is 16.5. The van der Waals surface area contributed by atoms with E-state index >= 15 is 0 Å². The van der Waals surface area contributed by atoms with Crippen LogP contribution >= 0.6 is 0 Å². The van der Waals surface area contributed by atoms with Crippen molar-refractivity contribution in [2.75, 3.05) is 0 Å². The fourth-order valence-corrected chi connectivity index (χ4v) is 6.06. The third kappa shape index (κ3) is 35.2. The molecule has 1 N–H and O–H groups in total. The third-order valence-electron chi connectivity index (χ3n) is 8.99. The molecule has 1 unspecified atom stereocenters. The zero-order valence-electron chi connectivity index (χ0n) is 29.7. The van der Waals surface area contributed by atoms with Crippen LogP contribution in [0.15, 0.2) is 12.2 Å². The fraction of sp³-hybridized carbons (Fsp3) is 0.900. The molecular weight excluding hydrogens is 544 g/mol. The summed E-state index contributed by atoms with van der Waals surface area (Å²) in [4.78, 5) is 23.3. The molecule has 0 aliphatic rings. The van der Waals surface area contributed by atoms with Crippen LogP contribution in [0.1, 0.15) is 226 Å². The largest absolute Gasteiger partial charge is 0.481 e. The van der Waals surface area contributed by atoms with Crippen molar-refractivity contribution < 1.29 is 19.4 Å². The second kappa shape index (κ2) is 36.2. The average molecular weight is 621 g/mol. The van der Waals surface area contributed by atoms with Crippen LogP contribution in [0, 0.1) is 0 Å². The van der Waals surface area contributed by atoms with Gasteiger partial charge >= 0.3 is 11.9 Å². The number of esters is 1. The molecule has 0 heterocycles. The number of hydrogen-bond donors (Lipinski definition) is 1. The lowest BCUT2D eigenvalue weighted by Crippen LogP contribution is -2.18. The number of carboxylic acids is 1. The van der Waals surface area contributed by atoms with Gasteiger partial charge in [0.2, 0.25) is 0 Å². The maximum absolute atomic E-state index is 12.7. The van der Waals surface area contributed by atoms with E-state index in [0.29, 0.717) is 12.8 Å². The second-order valence-corrected chi connectivity index (χ2v) is 13.5. The standard InChI is InChI=1S/C40H76O4/c1-3-5-7-9-11-13-14-15-16-21-25-29-33-37-40(43)44-38(34-30-26-22-18-12-10-8-6-4-2)35-31-27-23-19-17-20-24-28-32-36-39(41)42/h13-14,38H,3-12,15-37H2,1-2H3,(H,41,42)/b14-13-. The molecular formula is C40H76O4. The maximum Gasteiger partial charge on any atom is 0.306 e. The van der Waals surface area contributed by atoms with Crippen LogP contribution < -0.4 is 0 Å². The van der Waals surface area contributed by atoms with Crippen LogP contribution in [-0.2, 0) is 14.3 Å². The lowest BCUT2D eigenvalue weighted by Gasteiger charge is -2.18. The van der Waals surface area contributed by atoms with Gasteiger partial charge in [-0.3, -0.25) is 9.59 Å². The van der Waals surface area contributed by atoms with E-state index in [0.717, 1.165) is 51.4 Å². The van der Waals surface area contributed by atoms with Crippen LogP contribution in [0.3, 0.4) is 0 Å². The highest BCUT2D eigenvalue weighted by Gasteiger charge is 2.14. The van der Waals surface area contributed by atoms with Crippen molar-refractivity contribution in [3.05, 3.63) is 12.2 Å². The van der Waals surface area contributed by atoms with Crippen molar-refractivity contribution in [2.24, 2.45) is 0 Å². The quantitative estimate of drug-likeness (QED) is 0.0430. The first-order chi connectivity index (χ1) is 21.6. The van der Waals surface area contributed by atoms with E-state index in [1.807, 2.05) is 0 Å². The highest BCUT2D eigenvalue weighted by Crippen LogP contribution is 2.19. The number of carboxylic acid groups (broad SMARTS) is 1. The first kappa shape index (κ1) is 42.7. The predicted molar refractivity (Wildman–Crippen MR) is 190 cm³/mol. The number of carbonyl (C=O) groups is 2. The Bertz CT molecular complexity index is 629. The van der Waals surface area contributed by atoms with Crippen molar-refractivity contribution in [2.45, 2.75) is 232 Å². The zero-order valence-corrected chi connectivity index (χ0v) is 29.7. The predicted octanol–water partition coefficient (Wildman–Crippen LogP) is 13.5. The van der Waals surface area contributed by atoms with Gasteiger partial charge in [-0.2, -0.15) is 0 Å². The summed E-state index contributed by atoms with van der Waals surface area (Å²) in [6, 6.07) is 0. The Morgan fingerprint density at radius 1 is 0.477 bits per heavy atom. The minimum Gasteiger partial charge on any atom is -0.481 e. The van der Waals surface area contributed by atoms with Crippen molar-refractivity contribution in [3.63, 3.8) is 0 Å². The van der Waals surface area contributed by atoms with E-state index in [-0.39, 0.29) is 12.1 Å². The van der Waals surface area contributed by atoms with Crippen molar-refractivity contribution in [1.29, 1.82) is 0 Å². The molecule has 0 aromatic heterocycles. The molecule has 0 aliphatic heterocycles. The summed E-state index contributed by atoms with van der Waals surface area (Å²) >= 11 is 0. The normalized spacial score (nSPS) is 12.2. The highest BCUT2D eigenvalue weighted by molar-refractivity contribution is 5.69. The lowest BCUT2D eigenvalue weighted by molar-refractivity contribution is -0.150. The molecule has 0 saturated carbocycles. The molecule has 0 bridgehead atoms. The monoisotopic (exact) mass is 621 g/mol. The fourth-order valence-electron chi connectivity index (χ4n) is 6.06. The van der Waals surface area contributed by atoms with E-state index < -0.39 is 5.97 Å². The Labute approximate surface area is 275 Å². The van der Waals surface area contributed by atoms with Crippen molar-refractivity contribution in [1.82, 2.24) is 0 Å². The third-order valence-corrected chi connectivity index (χ3v) is 8.99. The number of rotatable bonds is 36. The molecule has 0 saturated heterocycles. The van der Waals surface area contributed by atoms with Crippen molar-refractivity contribution in [3.8, 4) is 0 Å². The molecule has 0 rings (SSSR count). The van der Waals surface area contributed by atoms with Gasteiger partial charge in [0.25, 0.3) is 0 Å². The molecule has 1 atom stereocenters. The lowest BCUT2D eigenvalue weighted by atomic mass is 10.0. The van der Waals surface area contributed by atoms with E-state index in [9.17, 15) is 9.59 Å². The SMILES string of the molecule is CCCCCC/C=C\CCCCCCCC(=O)OC(CCCCCCCCCCC)CCCCCCCCCCCC(=O)O. The van der Waals surface area contributed by atoms with E-state index in [1.54, 1.807) is 0 Å². The molecule has 0 radical (unpaired) electrons. The summed E-state index contributed by atoms with van der Waals surface area (Å²) in [5, 5.41) is 8.73. The van der Waals surface area contributed by atoms with Gasteiger partial charge in [0.15, 0.2) is 0 Å². The van der Waals surface area contributed by atoms with Crippen LogP contribution in [0.25, 0.3) is 0 Å². The molecule has 0 aliphatic carbocycles. The zero-order chi connectivity index (χ0) is 32.2. The molecule has 0 fully saturated rings. The number of ether oxygens (including phenoxy) is 1. The van der Waals surface area contributed by atoms with Crippen LogP contribution in [-0.4, -0.2) is 23.1 Å². The van der Waals surface area contributed by atoms with Crippen molar-refractivity contribution >= 4 is 11.9 Å². The van der Waals surface area contributed by atoms with Gasteiger partial charge in [0, 0.05) is 12.8 Å². The molecule has 0 amide bonds. The number of unbranched alkanes of at least 4 members (excludes halogenated alkanes) is 25. The first-order valence-electron chi connectivity index (χ1n) is 19.7. The van der Waals surface area contributed by atoms with Gasteiger partial charge in [-0.15, -0.1) is 0 Å². The average Bonchev–Trinajstić information content (AvgIpc) is 3.01.